The van der Waals surface area contributed by atoms with E-state index in [1.54, 1.807) is 0 Å². The van der Waals surface area contributed by atoms with Crippen LogP contribution in [0.15, 0.2) is 23.8 Å². The Hall–Kier alpha value is -1.31. The van der Waals surface area contributed by atoms with Gasteiger partial charge in [-0.25, -0.2) is 0 Å². The molecule has 0 saturated carbocycles. The molecule has 7 atom stereocenters. The van der Waals surface area contributed by atoms with Gasteiger partial charge in [-0.05, 0) is 5.57 Å². The maximum atomic E-state index is 9.93. The Balaban J connectivity index is 2.12. The lowest BCUT2D eigenvalue weighted by atomic mass is 9.95. The first-order chi connectivity index (χ1) is 10.5. The molecule has 1 fully saturated rings. The number of allylic oxidation sites excluding steroid dienone is 1. The van der Waals surface area contributed by atoms with Crippen LogP contribution in [-0.2, 0) is 9.47 Å². The Bertz CT molecular complexity index is 484. The lowest BCUT2D eigenvalue weighted by molar-refractivity contribution is -0.309. The Morgan fingerprint density at radius 1 is 1.27 bits per heavy atom. The Morgan fingerprint density at radius 2 is 2.00 bits per heavy atom. The number of ether oxygens (including phenoxy) is 2. The van der Waals surface area contributed by atoms with Gasteiger partial charge >= 0.3 is 0 Å². The van der Waals surface area contributed by atoms with Crippen molar-refractivity contribution in [1.82, 2.24) is 0 Å². The summed E-state index contributed by atoms with van der Waals surface area (Å²) >= 11 is 0. The number of nitriles is 1. The lowest BCUT2D eigenvalue weighted by Gasteiger charge is -2.41. The number of rotatable bonds is 3. The topological polar surface area (TPSA) is 143 Å². The van der Waals surface area contributed by atoms with Crippen LogP contribution < -0.4 is 0 Å². The van der Waals surface area contributed by atoms with Crippen molar-refractivity contribution in [3.8, 4) is 6.07 Å². The van der Waals surface area contributed by atoms with Crippen LogP contribution in [0.2, 0.25) is 0 Å². The molecule has 22 heavy (non-hydrogen) atoms. The van der Waals surface area contributed by atoms with E-state index >= 15 is 0 Å². The van der Waals surface area contributed by atoms with Crippen LogP contribution in [-0.4, -0.2) is 75.1 Å². The number of nitrogens with zero attached hydrogens (tertiary/aromatic N) is 1. The maximum absolute atomic E-state index is 9.93. The number of hydrogen-bond acceptors (Lipinski definition) is 8. The van der Waals surface area contributed by atoms with Crippen LogP contribution in [0, 0.1) is 11.3 Å². The minimum Gasteiger partial charge on any atom is -0.394 e. The quantitative estimate of drug-likeness (QED) is 0.374. The molecule has 0 unspecified atom stereocenters. The first-order valence-electron chi connectivity index (χ1n) is 6.89. The fourth-order valence-corrected chi connectivity index (χ4v) is 2.45. The second-order valence-corrected chi connectivity index (χ2v) is 5.26. The summed E-state index contributed by atoms with van der Waals surface area (Å²) in [5, 5.41) is 56.9. The molecule has 0 aromatic rings. The van der Waals surface area contributed by atoms with Crippen molar-refractivity contribution in [2.75, 3.05) is 6.61 Å². The first kappa shape index (κ1) is 17.1. The largest absolute Gasteiger partial charge is 0.394 e. The molecule has 1 saturated heterocycles. The second-order valence-electron chi connectivity index (χ2n) is 5.26. The van der Waals surface area contributed by atoms with Gasteiger partial charge in [0.2, 0.25) is 0 Å². The molecule has 0 aromatic carbocycles. The number of hydrogen-bond donors (Lipinski definition) is 5. The van der Waals surface area contributed by atoms with Gasteiger partial charge in [0.15, 0.2) is 6.29 Å². The van der Waals surface area contributed by atoms with E-state index in [0.717, 1.165) is 0 Å². The van der Waals surface area contributed by atoms with Gasteiger partial charge in [-0.2, -0.15) is 5.26 Å². The molecular formula is C14H19NO7. The van der Waals surface area contributed by atoms with Crippen LogP contribution in [0.1, 0.15) is 6.42 Å². The SMILES string of the molecule is N#C/C=C1\C=C[C@@H](O)C[C@@H]1O[C@@H]1O[C@H](CO)[C@@H](O)[C@H](O)[C@H]1O. The molecule has 8 heteroatoms. The molecule has 0 amide bonds. The van der Waals surface area contributed by atoms with Gasteiger partial charge in [-0.3, -0.25) is 0 Å². The molecule has 0 spiro atoms. The zero-order valence-corrected chi connectivity index (χ0v) is 11.7. The van der Waals surface area contributed by atoms with E-state index in [1.807, 2.05) is 6.07 Å². The van der Waals surface area contributed by atoms with Gasteiger partial charge in [-0.15, -0.1) is 0 Å². The summed E-state index contributed by atoms with van der Waals surface area (Å²) in [7, 11) is 0. The second kappa shape index (κ2) is 7.30. The highest BCUT2D eigenvalue weighted by atomic mass is 16.7. The van der Waals surface area contributed by atoms with Crippen molar-refractivity contribution in [2.45, 2.75) is 49.3 Å². The van der Waals surface area contributed by atoms with Crippen molar-refractivity contribution in [1.29, 1.82) is 5.26 Å². The van der Waals surface area contributed by atoms with Gasteiger partial charge < -0.3 is 35.0 Å². The van der Waals surface area contributed by atoms with Crippen molar-refractivity contribution in [2.24, 2.45) is 0 Å². The van der Waals surface area contributed by atoms with E-state index in [9.17, 15) is 20.4 Å². The van der Waals surface area contributed by atoms with E-state index in [2.05, 4.69) is 0 Å². The average Bonchev–Trinajstić information content (AvgIpc) is 2.50. The zero-order chi connectivity index (χ0) is 16.3. The van der Waals surface area contributed by atoms with Crippen molar-refractivity contribution in [3.63, 3.8) is 0 Å². The predicted molar refractivity (Wildman–Crippen MR) is 72.1 cm³/mol. The summed E-state index contributed by atoms with van der Waals surface area (Å²) < 4.78 is 10.8. The van der Waals surface area contributed by atoms with Crippen molar-refractivity contribution < 1.29 is 35.0 Å². The third kappa shape index (κ3) is 3.53. The molecule has 0 bridgehead atoms. The normalized spacial score (nSPS) is 44.0. The van der Waals surface area contributed by atoms with Crippen molar-refractivity contribution in [3.05, 3.63) is 23.8 Å². The third-order valence-electron chi connectivity index (χ3n) is 3.72. The molecule has 5 N–H and O–H groups in total. The van der Waals surface area contributed by atoms with E-state index in [0.29, 0.717) is 5.57 Å². The molecule has 0 radical (unpaired) electrons. The minimum absolute atomic E-state index is 0.152. The summed E-state index contributed by atoms with van der Waals surface area (Å²) in [4.78, 5) is 0. The number of aliphatic hydroxyl groups is 5. The molecular weight excluding hydrogens is 294 g/mol. The van der Waals surface area contributed by atoms with Crippen LogP contribution in [0.4, 0.5) is 0 Å². The average molecular weight is 313 g/mol. The van der Waals surface area contributed by atoms with Crippen LogP contribution in [0.25, 0.3) is 0 Å². The summed E-state index contributed by atoms with van der Waals surface area (Å²) in [5.74, 6) is 0. The lowest BCUT2D eigenvalue weighted by Crippen LogP contribution is -2.59. The first-order valence-corrected chi connectivity index (χ1v) is 6.89. The van der Waals surface area contributed by atoms with E-state index in [4.69, 9.17) is 19.8 Å². The molecule has 1 aliphatic carbocycles. The van der Waals surface area contributed by atoms with Gasteiger partial charge in [0.1, 0.15) is 24.4 Å². The van der Waals surface area contributed by atoms with Gasteiger partial charge in [0.25, 0.3) is 0 Å². The highest BCUT2D eigenvalue weighted by molar-refractivity contribution is 5.32. The summed E-state index contributed by atoms with van der Waals surface area (Å²) in [6.45, 7) is -0.557. The molecule has 1 aliphatic heterocycles. The minimum atomic E-state index is -1.54. The molecule has 2 rings (SSSR count). The Labute approximate surface area is 127 Å². The van der Waals surface area contributed by atoms with Crippen LogP contribution in [0.5, 0.6) is 0 Å². The smallest absolute Gasteiger partial charge is 0.187 e. The van der Waals surface area contributed by atoms with Gasteiger partial charge in [0, 0.05) is 12.5 Å². The van der Waals surface area contributed by atoms with E-state index in [1.165, 1.54) is 18.2 Å². The van der Waals surface area contributed by atoms with Crippen LogP contribution in [0.3, 0.4) is 0 Å². The third-order valence-corrected chi connectivity index (χ3v) is 3.72. The standard InChI is InChI=1S/C14H19NO7/c15-4-3-7-1-2-8(17)5-9(7)21-14-13(20)12(19)11(18)10(6-16)22-14/h1-3,8-14,16-20H,5-6H2/b7-3+/t8-,9+,10-,11-,12+,13-,14-/m1/s1. The van der Waals surface area contributed by atoms with Crippen molar-refractivity contribution >= 4 is 0 Å². The summed E-state index contributed by atoms with van der Waals surface area (Å²) in [6.07, 6.45) is -3.96. The highest BCUT2D eigenvalue weighted by Gasteiger charge is 2.45. The Morgan fingerprint density at radius 3 is 2.64 bits per heavy atom. The summed E-state index contributed by atoms with van der Waals surface area (Å²) in [5.41, 5.74) is 0.491. The molecule has 2 aliphatic rings. The molecule has 8 nitrogen and oxygen atoms in total. The van der Waals surface area contributed by atoms with Gasteiger partial charge in [0.05, 0.1) is 24.9 Å². The predicted octanol–water partition coefficient (Wildman–Crippen LogP) is -2.06. The van der Waals surface area contributed by atoms with Gasteiger partial charge in [-0.1, -0.05) is 12.2 Å². The van der Waals surface area contributed by atoms with Crippen LogP contribution >= 0.6 is 0 Å². The summed E-state index contributed by atoms with van der Waals surface area (Å²) in [6, 6.07) is 1.86. The number of aliphatic hydroxyl groups excluding tert-OH is 5. The highest BCUT2D eigenvalue weighted by Crippen LogP contribution is 2.28. The fraction of sp³-hybridized carbons (Fsp3) is 0.643. The van der Waals surface area contributed by atoms with E-state index in [-0.39, 0.29) is 6.42 Å². The Kier molecular flexibility index (Phi) is 5.66. The molecule has 122 valence electrons. The molecule has 1 heterocycles. The van der Waals surface area contributed by atoms with E-state index < -0.39 is 49.5 Å². The maximum Gasteiger partial charge on any atom is 0.187 e. The molecule has 0 aromatic heterocycles. The fourth-order valence-electron chi connectivity index (χ4n) is 2.45. The monoisotopic (exact) mass is 313 g/mol. The zero-order valence-electron chi connectivity index (χ0n) is 11.7.